The molecule has 0 atom stereocenters. The predicted molar refractivity (Wildman–Crippen MR) is 96.3 cm³/mol. The molecule has 1 amide bonds. The van der Waals surface area contributed by atoms with E-state index in [1.165, 1.54) is 6.33 Å². The Morgan fingerprint density at radius 3 is 2.88 bits per heavy atom. The van der Waals surface area contributed by atoms with E-state index in [1.807, 2.05) is 6.92 Å². The third kappa shape index (κ3) is 3.53. The fourth-order valence-corrected chi connectivity index (χ4v) is 2.52. The molecule has 0 radical (unpaired) electrons. The van der Waals surface area contributed by atoms with Gasteiger partial charge >= 0.3 is 0 Å². The Kier molecular flexibility index (Phi) is 4.54. The summed E-state index contributed by atoms with van der Waals surface area (Å²) in [7, 11) is 0. The van der Waals surface area contributed by atoms with Gasteiger partial charge in [-0.15, -0.1) is 0 Å². The molecule has 0 saturated heterocycles. The van der Waals surface area contributed by atoms with Gasteiger partial charge in [-0.1, -0.05) is 11.6 Å². The third-order valence-electron chi connectivity index (χ3n) is 3.64. The van der Waals surface area contributed by atoms with Crippen molar-refractivity contribution in [2.24, 2.45) is 0 Å². The van der Waals surface area contributed by atoms with E-state index in [0.29, 0.717) is 29.0 Å². The second-order valence-corrected chi connectivity index (χ2v) is 6.43. The van der Waals surface area contributed by atoms with Crippen LogP contribution < -0.4 is 10.6 Å². The van der Waals surface area contributed by atoms with Gasteiger partial charge in [0.1, 0.15) is 17.5 Å². The van der Waals surface area contributed by atoms with Crippen molar-refractivity contribution in [2.45, 2.75) is 26.3 Å². The van der Waals surface area contributed by atoms with Crippen molar-refractivity contribution >= 4 is 34.5 Å². The number of hydrogen-bond donors (Lipinski definition) is 3. The van der Waals surface area contributed by atoms with Crippen molar-refractivity contribution in [2.75, 3.05) is 11.9 Å². The number of aromatic amines is 1. The maximum atomic E-state index is 12.1. The van der Waals surface area contributed by atoms with E-state index in [1.54, 1.807) is 32.3 Å². The topological polar surface area (TPSA) is 108 Å². The van der Waals surface area contributed by atoms with Gasteiger partial charge in [0.15, 0.2) is 5.82 Å². The van der Waals surface area contributed by atoms with Gasteiger partial charge < -0.3 is 15.6 Å². The molecule has 0 aliphatic heterocycles. The fraction of sp³-hybridized carbons (Fsp3) is 0.312. The van der Waals surface area contributed by atoms with Crippen LogP contribution in [-0.4, -0.2) is 42.9 Å². The van der Waals surface area contributed by atoms with Crippen LogP contribution in [-0.2, 0) is 4.79 Å². The van der Waals surface area contributed by atoms with Crippen molar-refractivity contribution in [3.63, 3.8) is 0 Å². The van der Waals surface area contributed by atoms with E-state index in [-0.39, 0.29) is 5.91 Å². The number of rotatable bonds is 5. The third-order valence-corrected chi connectivity index (χ3v) is 3.85. The summed E-state index contributed by atoms with van der Waals surface area (Å²) in [5.41, 5.74) is 0.586. The monoisotopic (exact) mass is 359 g/mol. The highest BCUT2D eigenvalue weighted by atomic mass is 35.5. The number of amides is 1. The van der Waals surface area contributed by atoms with Crippen molar-refractivity contribution < 1.29 is 4.79 Å². The largest absolute Gasteiger partial charge is 0.354 e. The molecule has 0 fully saturated rings. The van der Waals surface area contributed by atoms with E-state index < -0.39 is 5.54 Å². The zero-order valence-corrected chi connectivity index (χ0v) is 14.8. The van der Waals surface area contributed by atoms with Crippen molar-refractivity contribution in [3.05, 3.63) is 29.8 Å². The van der Waals surface area contributed by atoms with Gasteiger partial charge in [0.25, 0.3) is 0 Å². The Labute approximate surface area is 149 Å². The first-order valence-electron chi connectivity index (χ1n) is 7.79. The molecule has 0 saturated carbocycles. The number of hydrogen-bond acceptors (Lipinski definition) is 6. The molecule has 0 aliphatic carbocycles. The summed E-state index contributed by atoms with van der Waals surface area (Å²) >= 11 is 6.03. The maximum absolute atomic E-state index is 12.1. The minimum atomic E-state index is -0.861. The van der Waals surface area contributed by atoms with E-state index in [2.05, 4.69) is 35.6 Å². The van der Waals surface area contributed by atoms with Gasteiger partial charge in [-0.3, -0.25) is 4.79 Å². The minimum Gasteiger partial charge on any atom is -0.354 e. The van der Waals surface area contributed by atoms with Gasteiger partial charge in [-0.05, 0) is 26.8 Å². The highest BCUT2D eigenvalue weighted by Crippen LogP contribution is 2.27. The molecule has 0 aromatic carbocycles. The summed E-state index contributed by atoms with van der Waals surface area (Å²) in [6.45, 7) is 5.94. The number of carbonyl (C=O) groups excluding carboxylic acids is 1. The summed E-state index contributed by atoms with van der Waals surface area (Å²) in [5, 5.41) is 7.16. The molecular formula is C16H18ClN7O. The molecule has 3 aromatic rings. The lowest BCUT2D eigenvalue weighted by atomic mass is 10.1. The Morgan fingerprint density at radius 1 is 1.32 bits per heavy atom. The number of aromatic nitrogens is 5. The summed E-state index contributed by atoms with van der Waals surface area (Å²) in [4.78, 5) is 32.2. The van der Waals surface area contributed by atoms with Crippen molar-refractivity contribution in [3.8, 4) is 11.4 Å². The molecule has 0 aliphatic rings. The second-order valence-electron chi connectivity index (χ2n) is 5.99. The Morgan fingerprint density at radius 2 is 2.12 bits per heavy atom. The summed E-state index contributed by atoms with van der Waals surface area (Å²) in [5.74, 6) is 0.630. The maximum Gasteiger partial charge on any atom is 0.245 e. The van der Waals surface area contributed by atoms with E-state index >= 15 is 0 Å². The quantitative estimate of drug-likeness (QED) is 0.645. The Hall–Kier alpha value is -2.74. The number of anilines is 1. The van der Waals surface area contributed by atoms with Crippen LogP contribution in [0.3, 0.4) is 0 Å². The summed E-state index contributed by atoms with van der Waals surface area (Å²) < 4.78 is 0. The number of halogens is 1. The molecule has 0 unspecified atom stereocenters. The van der Waals surface area contributed by atoms with Gasteiger partial charge in [0, 0.05) is 29.9 Å². The van der Waals surface area contributed by atoms with Gasteiger partial charge in [-0.25, -0.2) is 15.0 Å². The number of fused-ring (bicyclic) bond motifs is 1. The minimum absolute atomic E-state index is 0.139. The predicted octanol–water partition coefficient (Wildman–Crippen LogP) is 2.39. The van der Waals surface area contributed by atoms with Crippen LogP contribution >= 0.6 is 11.6 Å². The molecule has 9 heteroatoms. The van der Waals surface area contributed by atoms with Gasteiger partial charge in [0.2, 0.25) is 11.9 Å². The molecule has 0 bridgehead atoms. The Balaban J connectivity index is 1.93. The highest BCUT2D eigenvalue weighted by molar-refractivity contribution is 6.31. The smallest absolute Gasteiger partial charge is 0.245 e. The van der Waals surface area contributed by atoms with Crippen LogP contribution in [0.15, 0.2) is 24.8 Å². The molecule has 3 rings (SSSR count). The Bertz CT molecular complexity index is 922. The zero-order chi connectivity index (χ0) is 18.0. The number of nitrogens with one attached hydrogen (secondary N) is 3. The summed E-state index contributed by atoms with van der Waals surface area (Å²) in [6, 6.07) is 1.80. The molecule has 0 spiro atoms. The second kappa shape index (κ2) is 6.64. The molecule has 25 heavy (non-hydrogen) atoms. The average molecular weight is 360 g/mol. The van der Waals surface area contributed by atoms with Crippen LogP contribution in [0.25, 0.3) is 22.4 Å². The lowest BCUT2D eigenvalue weighted by molar-refractivity contribution is -0.124. The first-order chi connectivity index (χ1) is 11.9. The van der Waals surface area contributed by atoms with Crippen LogP contribution in [0, 0.1) is 0 Å². The number of H-pyrrole nitrogens is 1. The average Bonchev–Trinajstić information content (AvgIpc) is 2.98. The zero-order valence-electron chi connectivity index (χ0n) is 14.1. The van der Waals surface area contributed by atoms with Crippen LogP contribution in [0.2, 0.25) is 5.02 Å². The fourth-order valence-electron chi connectivity index (χ4n) is 2.37. The standard InChI is InChI=1S/C16H18ClN7O/c1-4-18-14(25)16(2,3)24-15-22-8-21-13(23-15)11-7-20-12-10(11)5-9(17)6-19-12/h5-8H,4H2,1-3H3,(H,18,25)(H,19,20)(H,21,22,23,24). The molecule has 130 valence electrons. The van der Waals surface area contributed by atoms with E-state index in [0.717, 1.165) is 10.9 Å². The molecular weight excluding hydrogens is 342 g/mol. The molecule has 8 nitrogen and oxygen atoms in total. The highest BCUT2D eigenvalue weighted by Gasteiger charge is 2.28. The van der Waals surface area contributed by atoms with Gasteiger partial charge in [-0.2, -0.15) is 4.98 Å². The van der Waals surface area contributed by atoms with Crippen molar-refractivity contribution in [1.82, 2.24) is 30.2 Å². The SMILES string of the molecule is CCNC(=O)C(C)(C)Nc1ncnc(-c2c[nH]c3ncc(Cl)cc23)n1. The summed E-state index contributed by atoms with van der Waals surface area (Å²) in [6.07, 6.45) is 4.73. The number of likely N-dealkylation sites (N-methyl/N-ethyl adjacent to an activating group) is 1. The van der Waals surface area contributed by atoms with Crippen molar-refractivity contribution in [1.29, 1.82) is 0 Å². The van der Waals surface area contributed by atoms with E-state index in [9.17, 15) is 4.79 Å². The van der Waals surface area contributed by atoms with Crippen LogP contribution in [0.1, 0.15) is 20.8 Å². The first kappa shape index (κ1) is 17.1. The first-order valence-corrected chi connectivity index (χ1v) is 8.17. The van der Waals surface area contributed by atoms with Gasteiger partial charge in [0.05, 0.1) is 5.02 Å². The molecule has 3 aromatic heterocycles. The normalized spacial score (nSPS) is 11.5. The van der Waals surface area contributed by atoms with Crippen LogP contribution in [0.4, 0.5) is 5.95 Å². The number of pyridine rings is 1. The molecule has 3 heterocycles. The number of carbonyl (C=O) groups is 1. The van der Waals surface area contributed by atoms with E-state index in [4.69, 9.17) is 11.6 Å². The van der Waals surface area contributed by atoms with Crippen LogP contribution in [0.5, 0.6) is 0 Å². The lowest BCUT2D eigenvalue weighted by Crippen LogP contribution is -2.48. The lowest BCUT2D eigenvalue weighted by Gasteiger charge is -2.24. The molecule has 3 N–H and O–H groups in total. The number of nitrogens with zero attached hydrogens (tertiary/aromatic N) is 4.